The number of aryl methyl sites for hydroxylation is 1. The number of carbonyl (C=O) groups excluding carboxylic acids is 2. The van der Waals surface area contributed by atoms with E-state index in [1.807, 2.05) is 27.7 Å². The highest BCUT2D eigenvalue weighted by molar-refractivity contribution is 7.99. The molecule has 5 heteroatoms. The first-order valence-corrected chi connectivity index (χ1v) is 9.09. The summed E-state index contributed by atoms with van der Waals surface area (Å²) in [6.07, 6.45) is 0. The van der Waals surface area contributed by atoms with Crippen molar-refractivity contribution < 1.29 is 9.59 Å². The average Bonchev–Trinajstić information content (AvgIpc) is 2.44. The normalized spacial score (nSPS) is 11.2. The molecular formula is C18H28N2O2S. The fraction of sp³-hybridized carbons (Fsp3) is 0.556. The minimum atomic E-state index is -0.278. The van der Waals surface area contributed by atoms with Crippen molar-refractivity contribution in [3.63, 3.8) is 0 Å². The van der Waals surface area contributed by atoms with Crippen LogP contribution in [0.1, 0.15) is 38.8 Å². The van der Waals surface area contributed by atoms with Gasteiger partial charge in [-0.1, -0.05) is 29.8 Å². The molecule has 128 valence electrons. The maximum absolute atomic E-state index is 12.2. The van der Waals surface area contributed by atoms with Gasteiger partial charge < -0.3 is 10.2 Å². The zero-order valence-corrected chi connectivity index (χ0v) is 15.6. The van der Waals surface area contributed by atoms with Gasteiger partial charge in [0.25, 0.3) is 0 Å². The smallest absolute Gasteiger partial charge is 0.240 e. The largest absolute Gasteiger partial charge is 0.350 e. The maximum atomic E-state index is 12.2. The van der Waals surface area contributed by atoms with E-state index in [0.29, 0.717) is 12.3 Å². The predicted octanol–water partition coefficient (Wildman–Crippen LogP) is 2.99. The van der Waals surface area contributed by atoms with Crippen molar-refractivity contribution in [2.45, 2.75) is 45.9 Å². The summed E-state index contributed by atoms with van der Waals surface area (Å²) >= 11 is 1.58. The highest BCUT2D eigenvalue weighted by Gasteiger charge is 2.19. The number of likely N-dealkylation sites (N-methyl/N-ethyl adjacent to an activating group) is 1. The lowest BCUT2D eigenvalue weighted by atomic mass is 10.1. The Morgan fingerprint density at radius 3 is 2.30 bits per heavy atom. The number of nitrogens with one attached hydrogen (secondary N) is 1. The van der Waals surface area contributed by atoms with E-state index in [4.69, 9.17) is 0 Å². The van der Waals surface area contributed by atoms with Crippen molar-refractivity contribution in [2.24, 2.45) is 0 Å². The van der Waals surface area contributed by atoms with Crippen molar-refractivity contribution >= 4 is 23.6 Å². The summed E-state index contributed by atoms with van der Waals surface area (Å²) < 4.78 is 0. The average molecular weight is 337 g/mol. The quantitative estimate of drug-likeness (QED) is 0.833. The maximum Gasteiger partial charge on any atom is 0.240 e. The molecule has 23 heavy (non-hydrogen) atoms. The zero-order chi connectivity index (χ0) is 17.5. The van der Waals surface area contributed by atoms with Crippen LogP contribution in [0.5, 0.6) is 0 Å². The van der Waals surface area contributed by atoms with Crippen molar-refractivity contribution in [3.05, 3.63) is 35.4 Å². The minimum Gasteiger partial charge on any atom is -0.350 e. The van der Waals surface area contributed by atoms with Crippen LogP contribution in [0.2, 0.25) is 0 Å². The monoisotopic (exact) mass is 336 g/mol. The van der Waals surface area contributed by atoms with Crippen molar-refractivity contribution in [1.82, 2.24) is 10.2 Å². The first-order chi connectivity index (χ1) is 10.7. The van der Waals surface area contributed by atoms with Gasteiger partial charge in [-0.2, -0.15) is 0 Å². The molecule has 1 N–H and O–H groups in total. The van der Waals surface area contributed by atoms with E-state index in [9.17, 15) is 9.59 Å². The third kappa shape index (κ3) is 8.07. The van der Waals surface area contributed by atoms with Crippen LogP contribution in [0.4, 0.5) is 0 Å². The molecule has 0 aliphatic carbocycles. The summed E-state index contributed by atoms with van der Waals surface area (Å²) in [4.78, 5) is 25.8. The molecular weight excluding hydrogens is 308 g/mol. The Morgan fingerprint density at radius 1 is 1.17 bits per heavy atom. The SMILES string of the molecule is CCN(CC(=O)NC(C)(C)C)C(=O)CSCc1ccc(C)cc1. The van der Waals surface area contributed by atoms with Crippen LogP contribution < -0.4 is 5.32 Å². The molecule has 0 aromatic heterocycles. The molecule has 4 nitrogen and oxygen atoms in total. The van der Waals surface area contributed by atoms with Crippen molar-refractivity contribution in [3.8, 4) is 0 Å². The third-order valence-electron chi connectivity index (χ3n) is 3.20. The second-order valence-corrected chi connectivity index (χ2v) is 7.67. The summed E-state index contributed by atoms with van der Waals surface area (Å²) in [5, 5.41) is 2.89. The molecule has 0 spiro atoms. The van der Waals surface area contributed by atoms with Crippen LogP contribution in [0.3, 0.4) is 0 Å². The molecule has 0 unspecified atom stereocenters. The Hall–Kier alpha value is -1.49. The Bertz CT molecular complexity index is 521. The van der Waals surface area contributed by atoms with Gasteiger partial charge in [0.1, 0.15) is 0 Å². The van der Waals surface area contributed by atoms with Crippen LogP contribution >= 0.6 is 11.8 Å². The molecule has 0 radical (unpaired) electrons. The van der Waals surface area contributed by atoms with Gasteiger partial charge in [-0.15, -0.1) is 11.8 Å². The zero-order valence-electron chi connectivity index (χ0n) is 14.8. The number of rotatable bonds is 7. The van der Waals surface area contributed by atoms with E-state index in [0.717, 1.165) is 5.75 Å². The number of hydrogen-bond donors (Lipinski definition) is 1. The van der Waals surface area contributed by atoms with Gasteiger partial charge in [-0.3, -0.25) is 9.59 Å². The second-order valence-electron chi connectivity index (χ2n) is 6.68. The second kappa shape index (κ2) is 8.96. The van der Waals surface area contributed by atoms with Gasteiger partial charge >= 0.3 is 0 Å². The molecule has 0 saturated carbocycles. The highest BCUT2D eigenvalue weighted by Crippen LogP contribution is 2.13. The predicted molar refractivity (Wildman–Crippen MR) is 97.5 cm³/mol. The van der Waals surface area contributed by atoms with Gasteiger partial charge in [-0.25, -0.2) is 0 Å². The fourth-order valence-electron chi connectivity index (χ4n) is 2.04. The molecule has 0 aliphatic heterocycles. The Morgan fingerprint density at radius 2 is 1.78 bits per heavy atom. The lowest BCUT2D eigenvalue weighted by molar-refractivity contribution is -0.134. The van der Waals surface area contributed by atoms with E-state index >= 15 is 0 Å². The number of nitrogens with zero attached hydrogens (tertiary/aromatic N) is 1. The number of hydrogen-bond acceptors (Lipinski definition) is 3. The molecule has 2 amide bonds. The first kappa shape index (κ1) is 19.6. The molecule has 0 atom stereocenters. The standard InChI is InChI=1S/C18H28N2O2S/c1-6-20(11-16(21)19-18(3,4)5)17(22)13-23-12-15-9-7-14(2)8-10-15/h7-10H,6,11-13H2,1-5H3,(H,19,21). The molecule has 0 bridgehead atoms. The Kier molecular flexibility index (Phi) is 7.62. The van der Waals surface area contributed by atoms with E-state index in [1.165, 1.54) is 11.1 Å². The number of carbonyl (C=O) groups is 2. The van der Waals surface area contributed by atoms with Gasteiger partial charge in [0.15, 0.2) is 0 Å². The van der Waals surface area contributed by atoms with Crippen molar-refractivity contribution in [1.29, 1.82) is 0 Å². The molecule has 1 aromatic rings. The van der Waals surface area contributed by atoms with Crippen LogP contribution in [0.15, 0.2) is 24.3 Å². The molecule has 0 aliphatic rings. The minimum absolute atomic E-state index is 0.00803. The Labute approximate surface area is 144 Å². The van der Waals surface area contributed by atoms with Gasteiger partial charge in [0.2, 0.25) is 11.8 Å². The van der Waals surface area contributed by atoms with E-state index in [-0.39, 0.29) is 23.9 Å². The third-order valence-corrected chi connectivity index (χ3v) is 4.19. The Balaban J connectivity index is 2.41. The lowest BCUT2D eigenvalue weighted by Gasteiger charge is -2.25. The molecule has 0 saturated heterocycles. The summed E-state index contributed by atoms with van der Waals surface area (Å²) in [5.41, 5.74) is 2.17. The van der Waals surface area contributed by atoms with Crippen LogP contribution in [0.25, 0.3) is 0 Å². The first-order valence-electron chi connectivity index (χ1n) is 7.93. The van der Waals surface area contributed by atoms with Gasteiger partial charge in [-0.05, 0) is 40.2 Å². The highest BCUT2D eigenvalue weighted by atomic mass is 32.2. The molecule has 0 fully saturated rings. The van der Waals surface area contributed by atoms with E-state index in [2.05, 4.69) is 36.5 Å². The summed E-state index contributed by atoms with van der Waals surface area (Å²) in [6, 6.07) is 8.32. The van der Waals surface area contributed by atoms with Crippen molar-refractivity contribution in [2.75, 3.05) is 18.8 Å². The van der Waals surface area contributed by atoms with Crippen LogP contribution in [-0.4, -0.2) is 41.1 Å². The summed E-state index contributed by atoms with van der Waals surface area (Å²) in [5.74, 6) is 1.09. The number of thioether (sulfide) groups is 1. The summed E-state index contributed by atoms with van der Waals surface area (Å²) in [6.45, 7) is 10.4. The van der Waals surface area contributed by atoms with Gasteiger partial charge in [0, 0.05) is 17.8 Å². The van der Waals surface area contributed by atoms with Gasteiger partial charge in [0.05, 0.1) is 12.3 Å². The van der Waals surface area contributed by atoms with E-state index in [1.54, 1.807) is 16.7 Å². The molecule has 1 rings (SSSR count). The van der Waals surface area contributed by atoms with Crippen LogP contribution in [-0.2, 0) is 15.3 Å². The fourth-order valence-corrected chi connectivity index (χ4v) is 2.93. The molecule has 1 aromatic carbocycles. The van der Waals surface area contributed by atoms with E-state index < -0.39 is 0 Å². The van der Waals surface area contributed by atoms with Crippen LogP contribution in [0, 0.1) is 6.92 Å². The lowest BCUT2D eigenvalue weighted by Crippen LogP contribution is -2.47. The topological polar surface area (TPSA) is 49.4 Å². The number of amides is 2. The molecule has 0 heterocycles. The number of benzene rings is 1. The summed E-state index contributed by atoms with van der Waals surface area (Å²) in [7, 11) is 0.